The van der Waals surface area contributed by atoms with Crippen molar-refractivity contribution in [3.63, 3.8) is 0 Å². The normalized spacial score (nSPS) is 14.7. The van der Waals surface area contributed by atoms with Crippen LogP contribution in [0.25, 0.3) is 0 Å². The van der Waals surface area contributed by atoms with Crippen molar-refractivity contribution in [1.29, 1.82) is 0 Å². The van der Waals surface area contributed by atoms with E-state index in [0.717, 1.165) is 25.0 Å². The van der Waals surface area contributed by atoms with Crippen LogP contribution in [0.5, 0.6) is 0 Å². The van der Waals surface area contributed by atoms with E-state index in [4.69, 9.17) is 5.73 Å². The topological polar surface area (TPSA) is 55.1 Å². The van der Waals surface area contributed by atoms with Gasteiger partial charge < -0.3 is 11.1 Å². The minimum absolute atomic E-state index is 0.0875. The zero-order chi connectivity index (χ0) is 11.7. The van der Waals surface area contributed by atoms with E-state index >= 15 is 0 Å². The largest absolute Gasteiger partial charge is 0.352 e. The highest BCUT2D eigenvalue weighted by Gasteiger charge is 2.15. The molecule has 1 amide bonds. The average Bonchev–Trinajstić information content (AvgIpc) is 2.24. The Morgan fingerprint density at radius 2 is 2.20 bits per heavy atom. The van der Waals surface area contributed by atoms with Crippen LogP contribution >= 0.6 is 11.8 Å². The number of carbonyl (C=O) groups is 1. The van der Waals surface area contributed by atoms with Gasteiger partial charge in [-0.3, -0.25) is 4.79 Å². The average molecular weight is 232 g/mol. The van der Waals surface area contributed by atoms with E-state index < -0.39 is 0 Å². The van der Waals surface area contributed by atoms with Gasteiger partial charge in [0.25, 0.3) is 0 Å². The van der Waals surface area contributed by atoms with Gasteiger partial charge in [-0.05, 0) is 32.1 Å². The molecule has 2 unspecified atom stereocenters. The zero-order valence-corrected chi connectivity index (χ0v) is 10.9. The van der Waals surface area contributed by atoms with Crippen LogP contribution in [0.2, 0.25) is 0 Å². The molecule has 90 valence electrons. The highest BCUT2D eigenvalue weighted by molar-refractivity contribution is 7.98. The molecule has 3 nitrogen and oxygen atoms in total. The summed E-state index contributed by atoms with van der Waals surface area (Å²) < 4.78 is 0. The molecule has 0 aliphatic carbocycles. The predicted molar refractivity (Wildman–Crippen MR) is 68.1 cm³/mol. The number of nitrogens with two attached hydrogens (primary N) is 1. The van der Waals surface area contributed by atoms with Gasteiger partial charge in [0, 0.05) is 17.7 Å². The van der Waals surface area contributed by atoms with Crippen molar-refractivity contribution >= 4 is 17.7 Å². The van der Waals surface area contributed by atoms with Crippen LogP contribution < -0.4 is 11.1 Å². The molecule has 0 spiro atoms. The monoisotopic (exact) mass is 232 g/mol. The van der Waals surface area contributed by atoms with Crippen LogP contribution in [0.4, 0.5) is 0 Å². The molecule has 0 aliphatic rings. The van der Waals surface area contributed by atoms with Gasteiger partial charge in [-0.1, -0.05) is 13.8 Å². The number of hydrogen-bond donors (Lipinski definition) is 2. The molecule has 15 heavy (non-hydrogen) atoms. The fraction of sp³-hybridized carbons (Fsp3) is 0.909. The summed E-state index contributed by atoms with van der Waals surface area (Å²) in [6, 6.07) is 0.313. The van der Waals surface area contributed by atoms with E-state index in [2.05, 4.69) is 18.5 Å². The minimum atomic E-state index is 0.0875. The third-order valence-corrected chi connectivity index (χ3v) is 3.23. The third kappa shape index (κ3) is 6.79. The highest BCUT2D eigenvalue weighted by atomic mass is 32.2. The maximum Gasteiger partial charge on any atom is 0.223 e. The molecule has 0 radical (unpaired) electrons. The standard InChI is InChI=1S/C11H24N2OS/c1-4-10(8-15-3)13-11(14)9(2)6-5-7-12/h9-10H,4-8,12H2,1-3H3,(H,13,14). The van der Waals surface area contributed by atoms with Crippen LogP contribution in [-0.4, -0.2) is 30.5 Å². The molecule has 0 rings (SSSR count). The van der Waals surface area contributed by atoms with Gasteiger partial charge in [0.05, 0.1) is 0 Å². The fourth-order valence-electron chi connectivity index (χ4n) is 1.36. The Morgan fingerprint density at radius 3 is 2.67 bits per heavy atom. The Kier molecular flexibility index (Phi) is 8.91. The van der Waals surface area contributed by atoms with Gasteiger partial charge >= 0.3 is 0 Å². The fourth-order valence-corrected chi connectivity index (χ4v) is 2.08. The first-order valence-electron chi connectivity index (χ1n) is 5.65. The Bertz CT molecular complexity index is 176. The Labute approximate surface area is 97.6 Å². The summed E-state index contributed by atoms with van der Waals surface area (Å²) in [6.45, 7) is 4.74. The molecule has 0 bridgehead atoms. The number of amides is 1. The lowest BCUT2D eigenvalue weighted by atomic mass is 10.0. The summed E-state index contributed by atoms with van der Waals surface area (Å²) >= 11 is 1.77. The van der Waals surface area contributed by atoms with Gasteiger partial charge in [-0.25, -0.2) is 0 Å². The summed E-state index contributed by atoms with van der Waals surface area (Å²) in [4.78, 5) is 11.7. The van der Waals surface area contributed by atoms with Gasteiger partial charge in [0.1, 0.15) is 0 Å². The SMILES string of the molecule is CCC(CSC)NC(=O)C(C)CCCN. The quantitative estimate of drug-likeness (QED) is 0.668. The van der Waals surface area contributed by atoms with Crippen molar-refractivity contribution in [3.05, 3.63) is 0 Å². The number of nitrogens with one attached hydrogen (secondary N) is 1. The Morgan fingerprint density at radius 1 is 1.53 bits per heavy atom. The molecule has 0 fully saturated rings. The van der Waals surface area contributed by atoms with E-state index in [0.29, 0.717) is 12.6 Å². The number of carbonyl (C=O) groups excluding carboxylic acids is 1. The second kappa shape index (κ2) is 9.04. The van der Waals surface area contributed by atoms with E-state index in [1.54, 1.807) is 11.8 Å². The first kappa shape index (κ1) is 14.8. The minimum Gasteiger partial charge on any atom is -0.352 e. The van der Waals surface area contributed by atoms with Crippen molar-refractivity contribution in [3.8, 4) is 0 Å². The Balaban J connectivity index is 3.87. The molecule has 0 saturated heterocycles. The van der Waals surface area contributed by atoms with E-state index in [9.17, 15) is 4.79 Å². The second-order valence-electron chi connectivity index (χ2n) is 3.90. The molecule has 0 aromatic heterocycles. The van der Waals surface area contributed by atoms with Gasteiger partial charge in [-0.2, -0.15) is 11.8 Å². The smallest absolute Gasteiger partial charge is 0.223 e. The summed E-state index contributed by atoms with van der Waals surface area (Å²) in [5.41, 5.74) is 5.42. The van der Waals surface area contributed by atoms with Crippen molar-refractivity contribution in [2.24, 2.45) is 11.7 Å². The molecule has 2 atom stereocenters. The summed E-state index contributed by atoms with van der Waals surface area (Å²) in [7, 11) is 0. The van der Waals surface area contributed by atoms with Crippen molar-refractivity contribution < 1.29 is 4.79 Å². The molecule has 0 aliphatic heterocycles. The van der Waals surface area contributed by atoms with Crippen molar-refractivity contribution in [1.82, 2.24) is 5.32 Å². The third-order valence-electron chi connectivity index (χ3n) is 2.50. The van der Waals surface area contributed by atoms with Crippen LogP contribution in [0, 0.1) is 5.92 Å². The molecule has 0 aromatic carbocycles. The molecule has 4 heteroatoms. The predicted octanol–water partition coefficient (Wildman–Crippen LogP) is 1.62. The van der Waals surface area contributed by atoms with Crippen LogP contribution in [-0.2, 0) is 4.79 Å². The van der Waals surface area contributed by atoms with Crippen LogP contribution in [0.1, 0.15) is 33.1 Å². The summed E-state index contributed by atoms with van der Waals surface area (Å²) in [5.74, 6) is 1.25. The van der Waals surface area contributed by atoms with Gasteiger partial charge in [0.15, 0.2) is 0 Å². The summed E-state index contributed by atoms with van der Waals surface area (Å²) in [5, 5.41) is 3.08. The maximum atomic E-state index is 11.7. The molecule has 0 saturated carbocycles. The number of rotatable bonds is 8. The summed E-state index contributed by atoms with van der Waals surface area (Å²) in [6.07, 6.45) is 4.87. The maximum absolute atomic E-state index is 11.7. The number of thioether (sulfide) groups is 1. The molecule has 0 aromatic rings. The zero-order valence-electron chi connectivity index (χ0n) is 10.1. The van der Waals surface area contributed by atoms with E-state index in [1.165, 1.54) is 0 Å². The second-order valence-corrected chi connectivity index (χ2v) is 4.81. The molecular formula is C11H24N2OS. The lowest BCUT2D eigenvalue weighted by molar-refractivity contribution is -0.125. The molecule has 3 N–H and O–H groups in total. The van der Waals surface area contributed by atoms with E-state index in [1.807, 2.05) is 6.92 Å². The van der Waals surface area contributed by atoms with Crippen molar-refractivity contribution in [2.45, 2.75) is 39.2 Å². The highest BCUT2D eigenvalue weighted by Crippen LogP contribution is 2.07. The van der Waals surface area contributed by atoms with Crippen molar-refractivity contribution in [2.75, 3.05) is 18.6 Å². The van der Waals surface area contributed by atoms with E-state index in [-0.39, 0.29) is 11.8 Å². The Hall–Kier alpha value is -0.220. The number of hydrogen-bond acceptors (Lipinski definition) is 3. The first-order chi connectivity index (χ1) is 7.15. The van der Waals surface area contributed by atoms with Gasteiger partial charge in [-0.15, -0.1) is 0 Å². The van der Waals surface area contributed by atoms with Gasteiger partial charge in [0.2, 0.25) is 5.91 Å². The molecular weight excluding hydrogens is 208 g/mol. The first-order valence-corrected chi connectivity index (χ1v) is 7.04. The molecule has 0 heterocycles. The lowest BCUT2D eigenvalue weighted by Gasteiger charge is -2.18. The van der Waals surface area contributed by atoms with Crippen LogP contribution in [0.3, 0.4) is 0 Å². The lowest BCUT2D eigenvalue weighted by Crippen LogP contribution is -2.39. The van der Waals surface area contributed by atoms with Crippen LogP contribution in [0.15, 0.2) is 0 Å².